The number of nitrogens with one attached hydrogen (secondary N) is 1. The number of rotatable bonds is 1. The van der Waals surface area contributed by atoms with E-state index in [9.17, 15) is 4.39 Å². The molecule has 3 N–H and O–H groups in total. The van der Waals surface area contributed by atoms with Gasteiger partial charge in [-0.25, -0.2) is 4.39 Å². The molecule has 4 heteroatoms. The molecule has 2 aromatic rings. The molecule has 0 unspecified atom stereocenters. The fourth-order valence-electron chi connectivity index (χ4n) is 1.35. The van der Waals surface area contributed by atoms with Crippen molar-refractivity contribution in [1.82, 2.24) is 4.98 Å². The fourth-order valence-corrected chi connectivity index (χ4v) is 1.35. The normalized spacial score (nSPS) is 11.5. The summed E-state index contributed by atoms with van der Waals surface area (Å²) in [6, 6.07) is 4.85. The third kappa shape index (κ3) is 1.16. The summed E-state index contributed by atoms with van der Waals surface area (Å²) in [7, 11) is 0. The highest BCUT2D eigenvalue weighted by molar-refractivity contribution is 5.99. The van der Waals surface area contributed by atoms with Crippen molar-refractivity contribution in [1.29, 1.82) is 0 Å². The maximum Gasteiger partial charge on any atom is 0.133 e. The standard InChI is InChI=1S/C9H8FN3/c10-7-2-1-3-8-9(7)6(4-12-8)5-13-11/h1-5,12H,11H2/b13-5+. The van der Waals surface area contributed by atoms with Crippen molar-refractivity contribution in [3.8, 4) is 0 Å². The first-order valence-corrected chi connectivity index (χ1v) is 3.82. The van der Waals surface area contributed by atoms with E-state index < -0.39 is 0 Å². The molecule has 0 spiro atoms. The first-order chi connectivity index (χ1) is 6.33. The highest BCUT2D eigenvalue weighted by Gasteiger charge is 2.05. The monoisotopic (exact) mass is 177 g/mol. The number of nitrogens with zero attached hydrogens (tertiary/aromatic N) is 1. The summed E-state index contributed by atoms with van der Waals surface area (Å²) in [5.41, 5.74) is 1.41. The number of fused-ring (bicyclic) bond motifs is 1. The molecule has 3 nitrogen and oxygen atoms in total. The molecule has 2 rings (SSSR count). The zero-order valence-electron chi connectivity index (χ0n) is 6.79. The SMILES string of the molecule is N/N=C/c1c[nH]c2cccc(F)c12. The molecule has 1 aromatic carbocycles. The summed E-state index contributed by atoms with van der Waals surface area (Å²) in [6.07, 6.45) is 3.09. The van der Waals surface area contributed by atoms with Gasteiger partial charge in [-0.2, -0.15) is 5.10 Å². The molecule has 66 valence electrons. The molecule has 0 fully saturated rings. The van der Waals surface area contributed by atoms with E-state index in [2.05, 4.69) is 10.1 Å². The van der Waals surface area contributed by atoms with Gasteiger partial charge in [0, 0.05) is 22.7 Å². The number of aromatic amines is 1. The van der Waals surface area contributed by atoms with Gasteiger partial charge in [-0.05, 0) is 12.1 Å². The van der Waals surface area contributed by atoms with E-state index in [4.69, 9.17) is 5.84 Å². The molecule has 0 bridgehead atoms. The zero-order valence-corrected chi connectivity index (χ0v) is 6.79. The summed E-state index contributed by atoms with van der Waals surface area (Å²) in [4.78, 5) is 2.93. The van der Waals surface area contributed by atoms with E-state index in [1.165, 1.54) is 12.3 Å². The van der Waals surface area contributed by atoms with Crippen molar-refractivity contribution in [2.45, 2.75) is 0 Å². The number of H-pyrrole nitrogens is 1. The van der Waals surface area contributed by atoms with Gasteiger partial charge in [-0.3, -0.25) is 0 Å². The number of halogens is 1. The van der Waals surface area contributed by atoms with Gasteiger partial charge in [0.1, 0.15) is 5.82 Å². The van der Waals surface area contributed by atoms with Crippen molar-refractivity contribution in [3.63, 3.8) is 0 Å². The molecule has 1 heterocycles. The highest BCUT2D eigenvalue weighted by Crippen LogP contribution is 2.19. The average molecular weight is 177 g/mol. The average Bonchev–Trinajstić information content (AvgIpc) is 2.51. The quantitative estimate of drug-likeness (QED) is 0.388. The minimum atomic E-state index is -0.270. The van der Waals surface area contributed by atoms with Gasteiger partial charge in [-0.15, -0.1) is 0 Å². The molecule has 0 atom stereocenters. The molecule has 0 aliphatic carbocycles. The number of hydrogen-bond acceptors (Lipinski definition) is 2. The molecule has 0 radical (unpaired) electrons. The van der Waals surface area contributed by atoms with Crippen LogP contribution in [0.15, 0.2) is 29.5 Å². The molecule has 0 amide bonds. The lowest BCUT2D eigenvalue weighted by Crippen LogP contribution is -1.85. The third-order valence-electron chi connectivity index (χ3n) is 1.90. The van der Waals surface area contributed by atoms with Crippen LogP contribution in [0.4, 0.5) is 4.39 Å². The van der Waals surface area contributed by atoms with Crippen LogP contribution >= 0.6 is 0 Å². The fraction of sp³-hybridized carbons (Fsp3) is 0. The van der Waals surface area contributed by atoms with E-state index in [0.717, 1.165) is 5.52 Å². The minimum absolute atomic E-state index is 0.270. The molecular formula is C9H8FN3. The summed E-state index contributed by atoms with van der Waals surface area (Å²) in [6.45, 7) is 0. The Kier molecular flexibility index (Phi) is 1.73. The molecular weight excluding hydrogens is 169 g/mol. The van der Waals surface area contributed by atoms with Gasteiger partial charge in [0.2, 0.25) is 0 Å². The van der Waals surface area contributed by atoms with E-state index in [-0.39, 0.29) is 5.82 Å². The van der Waals surface area contributed by atoms with Crippen molar-refractivity contribution >= 4 is 17.1 Å². The summed E-state index contributed by atoms with van der Waals surface area (Å²) < 4.78 is 13.3. The van der Waals surface area contributed by atoms with Gasteiger partial charge in [0.05, 0.1) is 6.21 Å². The molecule has 13 heavy (non-hydrogen) atoms. The van der Waals surface area contributed by atoms with E-state index in [1.54, 1.807) is 18.3 Å². The maximum atomic E-state index is 13.3. The first kappa shape index (κ1) is 7.79. The van der Waals surface area contributed by atoms with Crippen molar-refractivity contribution in [2.24, 2.45) is 10.9 Å². The number of aromatic nitrogens is 1. The maximum absolute atomic E-state index is 13.3. The summed E-state index contributed by atoms with van der Waals surface area (Å²) in [5, 5.41) is 3.88. The van der Waals surface area contributed by atoms with Crippen LogP contribution in [0.5, 0.6) is 0 Å². The van der Waals surface area contributed by atoms with Crippen LogP contribution in [-0.2, 0) is 0 Å². The molecule has 1 aromatic heterocycles. The Morgan fingerprint density at radius 2 is 2.31 bits per heavy atom. The van der Waals surface area contributed by atoms with Gasteiger partial charge in [-0.1, -0.05) is 6.07 Å². The first-order valence-electron chi connectivity index (χ1n) is 3.82. The largest absolute Gasteiger partial charge is 0.360 e. The van der Waals surface area contributed by atoms with Gasteiger partial charge in [0.25, 0.3) is 0 Å². The zero-order chi connectivity index (χ0) is 9.26. The lowest BCUT2D eigenvalue weighted by Gasteiger charge is -1.92. The molecule has 0 saturated heterocycles. The number of hydrazone groups is 1. The predicted molar refractivity (Wildman–Crippen MR) is 50.0 cm³/mol. The van der Waals surface area contributed by atoms with E-state index >= 15 is 0 Å². The summed E-state index contributed by atoms with van der Waals surface area (Å²) in [5.74, 6) is 4.72. The Hall–Kier alpha value is -1.84. The Balaban J connectivity index is 2.78. The number of nitrogens with two attached hydrogens (primary N) is 1. The lowest BCUT2D eigenvalue weighted by molar-refractivity contribution is 0.640. The topological polar surface area (TPSA) is 54.2 Å². The van der Waals surface area contributed by atoms with E-state index in [1.807, 2.05) is 0 Å². The Morgan fingerprint density at radius 3 is 3.08 bits per heavy atom. The third-order valence-corrected chi connectivity index (χ3v) is 1.90. The van der Waals surface area contributed by atoms with Crippen molar-refractivity contribution < 1.29 is 4.39 Å². The Bertz CT molecular complexity index is 459. The van der Waals surface area contributed by atoms with Gasteiger partial charge < -0.3 is 10.8 Å². The smallest absolute Gasteiger partial charge is 0.133 e. The second kappa shape index (κ2) is 2.90. The lowest BCUT2D eigenvalue weighted by atomic mass is 10.2. The Morgan fingerprint density at radius 1 is 1.46 bits per heavy atom. The number of benzene rings is 1. The van der Waals surface area contributed by atoms with Crippen LogP contribution in [0, 0.1) is 5.82 Å². The Labute approximate surface area is 74.1 Å². The summed E-state index contributed by atoms with van der Waals surface area (Å²) >= 11 is 0. The second-order valence-corrected chi connectivity index (χ2v) is 2.68. The van der Waals surface area contributed by atoms with Crippen LogP contribution in [0.25, 0.3) is 10.9 Å². The second-order valence-electron chi connectivity index (χ2n) is 2.68. The molecule has 0 saturated carbocycles. The predicted octanol–water partition coefficient (Wildman–Crippen LogP) is 1.60. The number of hydrogen-bond donors (Lipinski definition) is 2. The molecule has 0 aliphatic heterocycles. The van der Waals surface area contributed by atoms with Crippen molar-refractivity contribution in [3.05, 3.63) is 35.8 Å². The van der Waals surface area contributed by atoms with Crippen LogP contribution < -0.4 is 5.84 Å². The van der Waals surface area contributed by atoms with Gasteiger partial charge in [0.15, 0.2) is 0 Å². The van der Waals surface area contributed by atoms with E-state index in [0.29, 0.717) is 10.9 Å². The molecule has 0 aliphatic rings. The highest BCUT2D eigenvalue weighted by atomic mass is 19.1. The van der Waals surface area contributed by atoms with Crippen LogP contribution in [0.1, 0.15) is 5.56 Å². The van der Waals surface area contributed by atoms with Gasteiger partial charge >= 0.3 is 0 Å². The van der Waals surface area contributed by atoms with Crippen LogP contribution in [0.3, 0.4) is 0 Å². The minimum Gasteiger partial charge on any atom is -0.360 e. The van der Waals surface area contributed by atoms with Crippen LogP contribution in [-0.4, -0.2) is 11.2 Å². The van der Waals surface area contributed by atoms with Crippen LogP contribution in [0.2, 0.25) is 0 Å². The van der Waals surface area contributed by atoms with Crippen molar-refractivity contribution in [2.75, 3.05) is 0 Å².